The van der Waals surface area contributed by atoms with Crippen LogP contribution in [-0.4, -0.2) is 35.0 Å². The molecule has 0 spiro atoms. The van der Waals surface area contributed by atoms with Crippen molar-refractivity contribution in [2.75, 3.05) is 5.43 Å². The number of anilines is 1. The van der Waals surface area contributed by atoms with Crippen LogP contribution in [0.4, 0.5) is 5.69 Å². The van der Waals surface area contributed by atoms with Gasteiger partial charge in [-0.3, -0.25) is 15.0 Å². The van der Waals surface area contributed by atoms with E-state index >= 15 is 0 Å². The molecule has 0 bridgehead atoms. The molecule has 1 aromatic carbocycles. The van der Waals surface area contributed by atoms with Crippen molar-refractivity contribution in [3.63, 3.8) is 0 Å². The Morgan fingerprint density at radius 3 is 2.35 bits per heavy atom. The van der Waals surface area contributed by atoms with Crippen LogP contribution >= 0.6 is 11.6 Å². The molecule has 0 radical (unpaired) electrons. The minimum atomic E-state index is -0.351. The maximum atomic E-state index is 12.2. The topological polar surface area (TPSA) is 82.6 Å². The lowest BCUT2D eigenvalue weighted by Gasteiger charge is -2.46. The number of nitrogens with one attached hydrogen (secondary N) is 3. The molecule has 0 aliphatic carbocycles. The maximum absolute atomic E-state index is 12.2. The van der Waals surface area contributed by atoms with E-state index in [9.17, 15) is 9.59 Å². The minimum absolute atomic E-state index is 0.0469. The van der Waals surface area contributed by atoms with Crippen LogP contribution in [0, 0.1) is 0 Å². The number of carbonyl (C=O) groups is 2. The molecule has 0 atom stereocenters. The fourth-order valence-electron chi connectivity index (χ4n) is 3.61. The van der Waals surface area contributed by atoms with Crippen LogP contribution in [-0.2, 0) is 9.59 Å². The Balaban J connectivity index is 1.80. The van der Waals surface area contributed by atoms with Crippen LogP contribution < -0.4 is 16.1 Å². The normalized spacial score (nSPS) is 19.3. The number of hydrogen-bond donors (Lipinski definition) is 3. The summed E-state index contributed by atoms with van der Waals surface area (Å²) < 4.78 is 0. The molecule has 0 aromatic heterocycles. The summed E-state index contributed by atoms with van der Waals surface area (Å²) in [4.78, 5) is 24.1. The quantitative estimate of drug-likeness (QED) is 0.403. The first-order chi connectivity index (χ1) is 12.0. The molecule has 1 amide bonds. The van der Waals surface area contributed by atoms with Gasteiger partial charge in [-0.2, -0.15) is 5.10 Å². The molecule has 26 heavy (non-hydrogen) atoms. The Bertz CT molecular complexity index is 667. The molecule has 7 heteroatoms. The average Bonchev–Trinajstić information content (AvgIpc) is 2.45. The van der Waals surface area contributed by atoms with Crippen LogP contribution in [0.1, 0.15) is 47.0 Å². The Hall–Kier alpha value is -1.92. The van der Waals surface area contributed by atoms with E-state index in [2.05, 4.69) is 48.9 Å². The van der Waals surface area contributed by atoms with Gasteiger partial charge in [0.05, 0.1) is 18.3 Å². The summed E-state index contributed by atoms with van der Waals surface area (Å²) in [6, 6.07) is 6.98. The van der Waals surface area contributed by atoms with Crippen molar-refractivity contribution in [1.82, 2.24) is 10.6 Å². The zero-order valence-electron chi connectivity index (χ0n) is 15.7. The highest BCUT2D eigenvalue weighted by Crippen LogP contribution is 2.28. The van der Waals surface area contributed by atoms with Gasteiger partial charge in [-0.25, -0.2) is 0 Å². The maximum Gasteiger partial charge on any atom is 0.228 e. The molecule has 0 unspecified atom stereocenters. The monoisotopic (exact) mass is 378 g/mol. The number of hydrogen-bond acceptors (Lipinski definition) is 5. The second kappa shape index (κ2) is 8.18. The number of Topliss-reactive ketones (excluding diaryl/α,β-unsaturated/α-hetero) is 1. The molecule has 1 aliphatic rings. The van der Waals surface area contributed by atoms with Gasteiger partial charge in [0.25, 0.3) is 0 Å². The molecular weight excluding hydrogens is 352 g/mol. The van der Waals surface area contributed by atoms with Crippen LogP contribution in [0.5, 0.6) is 0 Å². The predicted molar refractivity (Wildman–Crippen MR) is 106 cm³/mol. The van der Waals surface area contributed by atoms with Gasteiger partial charge >= 0.3 is 0 Å². The molecule has 6 nitrogen and oxygen atoms in total. The van der Waals surface area contributed by atoms with Crippen LogP contribution in [0.2, 0.25) is 5.02 Å². The molecule has 142 valence electrons. The summed E-state index contributed by atoms with van der Waals surface area (Å²) in [6.07, 6.45) is 2.56. The van der Waals surface area contributed by atoms with Crippen LogP contribution in [0.3, 0.4) is 0 Å². The number of ketones is 1. The highest BCUT2D eigenvalue weighted by molar-refractivity contribution is 6.31. The van der Waals surface area contributed by atoms with Gasteiger partial charge in [0.1, 0.15) is 0 Å². The van der Waals surface area contributed by atoms with Crippen molar-refractivity contribution in [1.29, 1.82) is 0 Å². The van der Waals surface area contributed by atoms with Crippen molar-refractivity contribution in [2.45, 2.75) is 64.1 Å². The number of rotatable bonds is 6. The zero-order chi connectivity index (χ0) is 19.4. The van der Waals surface area contributed by atoms with Gasteiger partial charge in [-0.1, -0.05) is 11.6 Å². The largest absolute Gasteiger partial charge is 0.353 e. The van der Waals surface area contributed by atoms with Crippen LogP contribution in [0.15, 0.2) is 29.4 Å². The molecule has 1 heterocycles. The van der Waals surface area contributed by atoms with Gasteiger partial charge in [0.2, 0.25) is 5.91 Å². The van der Waals surface area contributed by atoms with Crippen molar-refractivity contribution < 1.29 is 9.59 Å². The zero-order valence-corrected chi connectivity index (χ0v) is 16.5. The highest BCUT2D eigenvalue weighted by atomic mass is 35.5. The lowest BCUT2D eigenvalue weighted by Crippen LogP contribution is -2.62. The average molecular weight is 379 g/mol. The van der Waals surface area contributed by atoms with E-state index in [-0.39, 0.29) is 35.2 Å². The second-order valence-electron chi connectivity index (χ2n) is 8.09. The lowest BCUT2D eigenvalue weighted by molar-refractivity contribution is -0.126. The van der Waals surface area contributed by atoms with Gasteiger partial charge in [-0.05, 0) is 64.8 Å². The Kier molecular flexibility index (Phi) is 6.42. The van der Waals surface area contributed by atoms with Crippen molar-refractivity contribution >= 4 is 35.2 Å². The Morgan fingerprint density at radius 1 is 1.19 bits per heavy atom. The first kappa shape index (κ1) is 20.4. The standard InChI is InChI=1S/C19H27ClN4O2/c1-18(2)10-15(11-19(3,4)24-18)22-17(26)9-16(25)12-21-23-14-7-5-13(20)6-8-14/h5-8,12,15,23-24H,9-11H2,1-4H3,(H,22,26). The van der Waals surface area contributed by atoms with E-state index in [4.69, 9.17) is 11.6 Å². The summed E-state index contributed by atoms with van der Waals surface area (Å²) in [6.45, 7) is 8.47. The molecule has 3 N–H and O–H groups in total. The molecule has 1 aliphatic heterocycles. The fourth-order valence-corrected chi connectivity index (χ4v) is 3.74. The van der Waals surface area contributed by atoms with E-state index in [1.165, 1.54) is 0 Å². The second-order valence-corrected chi connectivity index (χ2v) is 8.52. The third-order valence-corrected chi connectivity index (χ3v) is 4.39. The molecule has 2 rings (SSSR count). The summed E-state index contributed by atoms with van der Waals surface area (Å²) in [7, 11) is 0. The van der Waals surface area contributed by atoms with Gasteiger partial charge in [-0.15, -0.1) is 0 Å². The SMILES string of the molecule is CC1(C)CC(NC(=O)CC(=O)C=NNc2ccc(Cl)cc2)CC(C)(C)N1. The number of halogens is 1. The van der Waals surface area contributed by atoms with Crippen molar-refractivity contribution in [2.24, 2.45) is 5.10 Å². The van der Waals surface area contributed by atoms with Crippen molar-refractivity contribution in [3.05, 3.63) is 29.3 Å². The van der Waals surface area contributed by atoms with E-state index in [0.29, 0.717) is 10.7 Å². The molecule has 1 fully saturated rings. The Labute approximate surface area is 159 Å². The van der Waals surface area contributed by atoms with Crippen molar-refractivity contribution in [3.8, 4) is 0 Å². The number of benzene rings is 1. The summed E-state index contributed by atoms with van der Waals surface area (Å²) in [5, 5.41) is 11.0. The first-order valence-corrected chi connectivity index (χ1v) is 9.09. The number of piperidine rings is 1. The highest BCUT2D eigenvalue weighted by Gasteiger charge is 2.38. The molecule has 1 saturated heterocycles. The lowest BCUT2D eigenvalue weighted by atomic mass is 9.79. The summed E-state index contributed by atoms with van der Waals surface area (Å²) >= 11 is 5.80. The predicted octanol–water partition coefficient (Wildman–Crippen LogP) is 3.12. The minimum Gasteiger partial charge on any atom is -0.353 e. The molecule has 1 aromatic rings. The number of nitrogens with zero attached hydrogens (tertiary/aromatic N) is 1. The number of hydrazone groups is 1. The number of amides is 1. The third kappa shape index (κ3) is 6.77. The van der Waals surface area contributed by atoms with Gasteiger partial charge in [0, 0.05) is 22.1 Å². The summed E-state index contributed by atoms with van der Waals surface area (Å²) in [5.74, 6) is -0.622. The first-order valence-electron chi connectivity index (χ1n) is 8.71. The smallest absolute Gasteiger partial charge is 0.228 e. The van der Waals surface area contributed by atoms with E-state index in [1.54, 1.807) is 24.3 Å². The van der Waals surface area contributed by atoms with Gasteiger partial charge < -0.3 is 10.6 Å². The van der Waals surface area contributed by atoms with E-state index in [1.807, 2.05) is 0 Å². The van der Waals surface area contributed by atoms with E-state index in [0.717, 1.165) is 19.1 Å². The molecular formula is C19H27ClN4O2. The van der Waals surface area contributed by atoms with Gasteiger partial charge in [0.15, 0.2) is 5.78 Å². The van der Waals surface area contributed by atoms with Crippen LogP contribution in [0.25, 0.3) is 0 Å². The summed E-state index contributed by atoms with van der Waals surface area (Å²) in [5.41, 5.74) is 3.32. The fraction of sp³-hybridized carbons (Fsp3) is 0.526. The third-order valence-electron chi connectivity index (χ3n) is 4.14. The molecule has 0 saturated carbocycles. The van der Waals surface area contributed by atoms with E-state index < -0.39 is 0 Å². The Morgan fingerprint density at radius 2 is 1.77 bits per heavy atom. The number of carbonyl (C=O) groups excluding carboxylic acids is 2.